The first-order valence-corrected chi connectivity index (χ1v) is 5.30. The summed E-state index contributed by atoms with van der Waals surface area (Å²) < 4.78 is 37.8. The van der Waals surface area contributed by atoms with E-state index in [1.165, 1.54) is 6.07 Å². The summed E-state index contributed by atoms with van der Waals surface area (Å²) in [6.45, 7) is 0. The zero-order valence-corrected chi connectivity index (χ0v) is 9.65. The number of benzene rings is 1. The van der Waals surface area contributed by atoms with Crippen molar-refractivity contribution in [1.29, 1.82) is 0 Å². The zero-order valence-electron chi connectivity index (χ0n) is 9.65. The summed E-state index contributed by atoms with van der Waals surface area (Å²) >= 11 is 0. The minimum Gasteiger partial charge on any atom is -0.329 e. The van der Waals surface area contributed by atoms with Crippen molar-refractivity contribution in [3.05, 3.63) is 54.2 Å². The third kappa shape index (κ3) is 2.61. The van der Waals surface area contributed by atoms with E-state index in [2.05, 4.69) is 4.98 Å². The van der Waals surface area contributed by atoms with Crippen LogP contribution in [0.3, 0.4) is 0 Å². The highest BCUT2D eigenvalue weighted by Crippen LogP contribution is 2.32. The molecule has 0 aliphatic carbocycles. The van der Waals surface area contributed by atoms with Gasteiger partial charge in [0.1, 0.15) is 5.82 Å². The van der Waals surface area contributed by atoms with Crippen LogP contribution in [0, 0.1) is 0 Å². The molecule has 0 aliphatic rings. The van der Waals surface area contributed by atoms with Crippen molar-refractivity contribution in [2.75, 3.05) is 11.9 Å². The molecule has 18 heavy (non-hydrogen) atoms. The largest absolute Gasteiger partial charge is 0.416 e. The zero-order chi connectivity index (χ0) is 13.2. The quantitative estimate of drug-likeness (QED) is 0.806. The number of anilines is 2. The van der Waals surface area contributed by atoms with E-state index < -0.39 is 11.7 Å². The van der Waals surface area contributed by atoms with Gasteiger partial charge in [-0.05, 0) is 30.3 Å². The Labute approximate surface area is 103 Å². The highest BCUT2D eigenvalue weighted by molar-refractivity contribution is 5.59. The summed E-state index contributed by atoms with van der Waals surface area (Å²) in [6, 6.07) is 10.4. The standard InChI is InChI=1S/C13H11F3N2/c1-18(12-7-2-3-8-17-12)11-6-4-5-10(9-11)13(14,15)16/h2-9H,1H3. The predicted molar refractivity (Wildman–Crippen MR) is 63.7 cm³/mol. The van der Waals surface area contributed by atoms with Gasteiger partial charge in [0.2, 0.25) is 0 Å². The highest BCUT2D eigenvalue weighted by atomic mass is 19.4. The van der Waals surface area contributed by atoms with Crippen molar-refractivity contribution in [1.82, 2.24) is 4.98 Å². The summed E-state index contributed by atoms with van der Waals surface area (Å²) in [6.07, 6.45) is -2.74. The second-order valence-corrected chi connectivity index (χ2v) is 3.80. The molecule has 1 aromatic heterocycles. The van der Waals surface area contributed by atoms with Crippen molar-refractivity contribution in [3.63, 3.8) is 0 Å². The van der Waals surface area contributed by atoms with Gasteiger partial charge < -0.3 is 4.90 Å². The Bertz CT molecular complexity index is 523. The van der Waals surface area contributed by atoms with Crippen molar-refractivity contribution in [2.24, 2.45) is 0 Å². The van der Waals surface area contributed by atoms with E-state index in [0.717, 1.165) is 12.1 Å². The van der Waals surface area contributed by atoms with Crippen LogP contribution in [0.1, 0.15) is 5.56 Å². The number of nitrogens with zero attached hydrogens (tertiary/aromatic N) is 2. The average molecular weight is 252 g/mol. The van der Waals surface area contributed by atoms with Gasteiger partial charge in [-0.25, -0.2) is 4.98 Å². The van der Waals surface area contributed by atoms with Crippen LogP contribution < -0.4 is 4.90 Å². The third-order valence-electron chi connectivity index (χ3n) is 2.55. The molecular formula is C13H11F3N2. The van der Waals surface area contributed by atoms with Gasteiger partial charge in [0.25, 0.3) is 0 Å². The molecule has 0 aliphatic heterocycles. The number of hydrogen-bond acceptors (Lipinski definition) is 2. The molecule has 0 N–H and O–H groups in total. The summed E-state index contributed by atoms with van der Waals surface area (Å²) in [5.41, 5.74) is -0.216. The lowest BCUT2D eigenvalue weighted by Crippen LogP contribution is -2.12. The van der Waals surface area contributed by atoms with Gasteiger partial charge in [0, 0.05) is 18.9 Å². The molecule has 0 amide bonds. The molecule has 5 heteroatoms. The smallest absolute Gasteiger partial charge is 0.329 e. The molecule has 0 fully saturated rings. The molecule has 0 spiro atoms. The van der Waals surface area contributed by atoms with Gasteiger partial charge in [0.05, 0.1) is 5.56 Å². The molecule has 0 bridgehead atoms. The Morgan fingerprint density at radius 3 is 2.44 bits per heavy atom. The molecule has 2 aromatic rings. The second kappa shape index (κ2) is 4.68. The van der Waals surface area contributed by atoms with Gasteiger partial charge in [0.15, 0.2) is 0 Å². The van der Waals surface area contributed by atoms with Crippen LogP contribution in [0.25, 0.3) is 0 Å². The lowest BCUT2D eigenvalue weighted by atomic mass is 10.2. The number of hydrogen-bond donors (Lipinski definition) is 0. The van der Waals surface area contributed by atoms with Gasteiger partial charge >= 0.3 is 6.18 Å². The fraction of sp³-hybridized carbons (Fsp3) is 0.154. The fourth-order valence-corrected chi connectivity index (χ4v) is 1.58. The number of aromatic nitrogens is 1. The van der Waals surface area contributed by atoms with E-state index in [4.69, 9.17) is 0 Å². The monoisotopic (exact) mass is 252 g/mol. The maximum atomic E-state index is 12.6. The summed E-state index contributed by atoms with van der Waals surface area (Å²) in [5.74, 6) is 0.594. The SMILES string of the molecule is CN(c1cccc(C(F)(F)F)c1)c1ccccn1. The van der Waals surface area contributed by atoms with Crippen molar-refractivity contribution >= 4 is 11.5 Å². The van der Waals surface area contributed by atoms with Gasteiger partial charge in [-0.2, -0.15) is 13.2 Å². The molecule has 2 nitrogen and oxygen atoms in total. The van der Waals surface area contributed by atoms with E-state index in [-0.39, 0.29) is 0 Å². The van der Waals surface area contributed by atoms with Crippen LogP contribution in [0.4, 0.5) is 24.7 Å². The van der Waals surface area contributed by atoms with Crippen LogP contribution in [-0.2, 0) is 6.18 Å². The summed E-state index contributed by atoms with van der Waals surface area (Å²) in [7, 11) is 1.68. The van der Waals surface area contributed by atoms with E-state index in [0.29, 0.717) is 11.5 Å². The number of pyridine rings is 1. The van der Waals surface area contributed by atoms with E-state index in [1.54, 1.807) is 42.4 Å². The van der Waals surface area contributed by atoms with Crippen molar-refractivity contribution in [2.45, 2.75) is 6.18 Å². The van der Waals surface area contributed by atoms with Crippen LogP contribution in [0.2, 0.25) is 0 Å². The van der Waals surface area contributed by atoms with Crippen molar-refractivity contribution in [3.8, 4) is 0 Å². The van der Waals surface area contributed by atoms with Crippen molar-refractivity contribution < 1.29 is 13.2 Å². The molecular weight excluding hydrogens is 241 g/mol. The van der Waals surface area contributed by atoms with Crippen LogP contribution in [0.15, 0.2) is 48.7 Å². The maximum absolute atomic E-state index is 12.6. The number of halogens is 3. The average Bonchev–Trinajstić information content (AvgIpc) is 2.38. The Kier molecular flexibility index (Phi) is 3.23. The second-order valence-electron chi connectivity index (χ2n) is 3.80. The van der Waals surface area contributed by atoms with Crippen LogP contribution >= 0.6 is 0 Å². The molecule has 94 valence electrons. The first-order chi connectivity index (χ1) is 8.48. The molecule has 0 saturated carbocycles. The summed E-state index contributed by atoms with van der Waals surface area (Å²) in [4.78, 5) is 5.70. The predicted octanol–water partition coefficient (Wildman–Crippen LogP) is 3.87. The fourth-order valence-electron chi connectivity index (χ4n) is 1.58. The number of rotatable bonds is 2. The molecule has 1 aromatic carbocycles. The normalized spacial score (nSPS) is 11.3. The van der Waals surface area contributed by atoms with Gasteiger partial charge in [-0.15, -0.1) is 0 Å². The first-order valence-electron chi connectivity index (χ1n) is 5.30. The third-order valence-corrected chi connectivity index (χ3v) is 2.55. The minimum atomic E-state index is -4.33. The maximum Gasteiger partial charge on any atom is 0.416 e. The first kappa shape index (κ1) is 12.4. The topological polar surface area (TPSA) is 16.1 Å². The van der Waals surface area contributed by atoms with E-state index in [1.807, 2.05) is 0 Å². The number of alkyl halides is 3. The van der Waals surface area contributed by atoms with Crippen LogP contribution in [-0.4, -0.2) is 12.0 Å². The Morgan fingerprint density at radius 1 is 1.06 bits per heavy atom. The van der Waals surface area contributed by atoms with E-state index in [9.17, 15) is 13.2 Å². The van der Waals surface area contributed by atoms with Crippen LogP contribution in [0.5, 0.6) is 0 Å². The molecule has 2 rings (SSSR count). The minimum absolute atomic E-state index is 0.448. The lowest BCUT2D eigenvalue weighted by Gasteiger charge is -2.19. The lowest BCUT2D eigenvalue weighted by molar-refractivity contribution is -0.137. The van der Waals surface area contributed by atoms with E-state index >= 15 is 0 Å². The highest BCUT2D eigenvalue weighted by Gasteiger charge is 2.30. The summed E-state index contributed by atoms with van der Waals surface area (Å²) in [5, 5.41) is 0. The Morgan fingerprint density at radius 2 is 1.83 bits per heavy atom. The van der Waals surface area contributed by atoms with Gasteiger partial charge in [-0.1, -0.05) is 12.1 Å². The molecule has 1 heterocycles. The molecule has 0 atom stereocenters. The molecule has 0 radical (unpaired) electrons. The van der Waals surface area contributed by atoms with Gasteiger partial charge in [-0.3, -0.25) is 0 Å². The molecule has 0 saturated heterocycles. The Balaban J connectivity index is 2.35. The molecule has 0 unspecified atom stereocenters. The Hall–Kier alpha value is -2.04.